The van der Waals surface area contributed by atoms with Crippen molar-refractivity contribution in [2.75, 3.05) is 25.8 Å². The first-order chi connectivity index (χ1) is 11.1. The Morgan fingerprint density at radius 3 is 2.61 bits per heavy atom. The molecule has 6 heteroatoms. The van der Waals surface area contributed by atoms with Gasteiger partial charge in [-0.05, 0) is 48.0 Å². The molecule has 1 heterocycles. The smallest absolute Gasteiger partial charge is 0.271 e. The largest absolute Gasteiger partial charge is 0.454 e. The normalized spacial score (nSPS) is 12.4. The van der Waals surface area contributed by atoms with Gasteiger partial charge in [0, 0.05) is 25.3 Å². The fraction of sp³-hybridized carbons (Fsp3) is 0.176. The number of nitrogens with zero attached hydrogens (tertiary/aromatic N) is 2. The second-order valence-electron chi connectivity index (χ2n) is 5.25. The fourth-order valence-corrected chi connectivity index (χ4v) is 2.13. The van der Waals surface area contributed by atoms with Crippen molar-refractivity contribution in [2.24, 2.45) is 5.10 Å². The number of benzene rings is 2. The Balaban J connectivity index is 1.62. The van der Waals surface area contributed by atoms with Gasteiger partial charge >= 0.3 is 0 Å². The van der Waals surface area contributed by atoms with Crippen LogP contribution in [0, 0.1) is 0 Å². The Labute approximate surface area is 134 Å². The summed E-state index contributed by atoms with van der Waals surface area (Å²) in [5.41, 5.74) is 4.91. The quantitative estimate of drug-likeness (QED) is 0.695. The first kappa shape index (κ1) is 14.9. The monoisotopic (exact) mass is 311 g/mol. The van der Waals surface area contributed by atoms with E-state index in [0.717, 1.165) is 11.3 Å². The third kappa shape index (κ3) is 3.42. The first-order valence-electron chi connectivity index (χ1n) is 7.14. The molecule has 6 nitrogen and oxygen atoms in total. The van der Waals surface area contributed by atoms with E-state index in [4.69, 9.17) is 9.47 Å². The molecule has 0 radical (unpaired) electrons. The van der Waals surface area contributed by atoms with E-state index in [9.17, 15) is 4.79 Å². The van der Waals surface area contributed by atoms with Gasteiger partial charge in [-0.1, -0.05) is 0 Å². The predicted molar refractivity (Wildman–Crippen MR) is 88.4 cm³/mol. The van der Waals surface area contributed by atoms with Crippen molar-refractivity contribution in [3.8, 4) is 11.5 Å². The molecule has 1 N–H and O–H groups in total. The summed E-state index contributed by atoms with van der Waals surface area (Å²) in [6, 6.07) is 12.8. The summed E-state index contributed by atoms with van der Waals surface area (Å²) in [6.45, 7) is 0.232. The minimum Gasteiger partial charge on any atom is -0.454 e. The number of hydrogen-bond acceptors (Lipinski definition) is 5. The van der Waals surface area contributed by atoms with Crippen LogP contribution in [0.15, 0.2) is 47.6 Å². The SMILES string of the molecule is CN(C)c1ccc(C(=O)N/N=C/c2ccc3c(c2)OCO3)cc1. The van der Waals surface area contributed by atoms with Crippen LogP contribution in [-0.4, -0.2) is 33.0 Å². The van der Waals surface area contributed by atoms with Crippen LogP contribution in [0.4, 0.5) is 5.69 Å². The molecule has 0 saturated heterocycles. The summed E-state index contributed by atoms with van der Waals surface area (Å²) in [7, 11) is 3.90. The Morgan fingerprint density at radius 2 is 1.87 bits per heavy atom. The van der Waals surface area contributed by atoms with Crippen molar-refractivity contribution >= 4 is 17.8 Å². The van der Waals surface area contributed by atoms with Gasteiger partial charge in [-0.2, -0.15) is 5.10 Å². The van der Waals surface area contributed by atoms with Crippen LogP contribution in [0.2, 0.25) is 0 Å². The lowest BCUT2D eigenvalue weighted by Gasteiger charge is -2.12. The Bertz CT molecular complexity index is 739. The Morgan fingerprint density at radius 1 is 1.13 bits per heavy atom. The van der Waals surface area contributed by atoms with E-state index < -0.39 is 0 Å². The number of carbonyl (C=O) groups excluding carboxylic acids is 1. The number of amides is 1. The van der Waals surface area contributed by atoms with Crippen molar-refractivity contribution in [1.82, 2.24) is 5.43 Å². The van der Waals surface area contributed by atoms with Crippen molar-refractivity contribution in [3.05, 3.63) is 53.6 Å². The Kier molecular flexibility index (Phi) is 4.14. The number of rotatable bonds is 4. The number of carbonyl (C=O) groups is 1. The summed E-state index contributed by atoms with van der Waals surface area (Å²) in [4.78, 5) is 14.0. The maximum Gasteiger partial charge on any atom is 0.271 e. The number of fused-ring (bicyclic) bond motifs is 1. The third-order valence-corrected chi connectivity index (χ3v) is 3.42. The zero-order valence-electron chi connectivity index (χ0n) is 12.9. The molecule has 0 unspecified atom stereocenters. The molecule has 1 amide bonds. The molecule has 2 aromatic rings. The number of ether oxygens (including phenoxy) is 2. The average molecular weight is 311 g/mol. The van der Waals surface area contributed by atoms with Crippen molar-refractivity contribution in [3.63, 3.8) is 0 Å². The highest BCUT2D eigenvalue weighted by molar-refractivity contribution is 5.95. The van der Waals surface area contributed by atoms with Gasteiger partial charge in [0.05, 0.1) is 6.21 Å². The van der Waals surface area contributed by atoms with Crippen LogP contribution in [0.3, 0.4) is 0 Å². The van der Waals surface area contributed by atoms with Gasteiger partial charge in [-0.15, -0.1) is 0 Å². The molecule has 0 spiro atoms. The maximum atomic E-state index is 12.0. The molecular formula is C17H17N3O3. The summed E-state index contributed by atoms with van der Waals surface area (Å²) in [5, 5.41) is 3.97. The summed E-state index contributed by atoms with van der Waals surface area (Å²) >= 11 is 0. The molecule has 118 valence electrons. The number of nitrogens with one attached hydrogen (secondary N) is 1. The van der Waals surface area contributed by atoms with Crippen LogP contribution >= 0.6 is 0 Å². The molecule has 1 aliphatic rings. The number of hydrogen-bond donors (Lipinski definition) is 1. The molecule has 0 atom stereocenters. The zero-order valence-corrected chi connectivity index (χ0v) is 12.9. The molecule has 0 aromatic heterocycles. The number of anilines is 1. The molecule has 2 aromatic carbocycles. The first-order valence-corrected chi connectivity index (χ1v) is 7.14. The van der Waals surface area contributed by atoms with Gasteiger partial charge < -0.3 is 14.4 Å². The number of hydrazone groups is 1. The van der Waals surface area contributed by atoms with Gasteiger partial charge in [0.15, 0.2) is 11.5 Å². The van der Waals surface area contributed by atoms with Crippen LogP contribution < -0.4 is 19.8 Å². The van der Waals surface area contributed by atoms with E-state index in [1.165, 1.54) is 0 Å². The van der Waals surface area contributed by atoms with E-state index >= 15 is 0 Å². The van der Waals surface area contributed by atoms with E-state index in [1.807, 2.05) is 49.3 Å². The minimum atomic E-state index is -0.257. The predicted octanol–water partition coefficient (Wildman–Crippen LogP) is 2.25. The third-order valence-electron chi connectivity index (χ3n) is 3.42. The van der Waals surface area contributed by atoms with Gasteiger partial charge in [0.2, 0.25) is 6.79 Å². The summed E-state index contributed by atoms with van der Waals surface area (Å²) in [6.07, 6.45) is 1.56. The van der Waals surface area contributed by atoms with Crippen LogP contribution in [0.1, 0.15) is 15.9 Å². The van der Waals surface area contributed by atoms with Crippen molar-refractivity contribution < 1.29 is 14.3 Å². The molecular weight excluding hydrogens is 294 g/mol. The second kappa shape index (κ2) is 6.39. The van der Waals surface area contributed by atoms with E-state index in [2.05, 4.69) is 10.5 Å². The fourth-order valence-electron chi connectivity index (χ4n) is 2.13. The van der Waals surface area contributed by atoms with E-state index in [-0.39, 0.29) is 12.7 Å². The highest BCUT2D eigenvalue weighted by Gasteiger charge is 2.12. The minimum absolute atomic E-state index is 0.232. The maximum absolute atomic E-state index is 12.0. The van der Waals surface area contributed by atoms with Crippen molar-refractivity contribution in [2.45, 2.75) is 0 Å². The van der Waals surface area contributed by atoms with E-state index in [1.54, 1.807) is 18.3 Å². The van der Waals surface area contributed by atoms with Crippen LogP contribution in [0.25, 0.3) is 0 Å². The van der Waals surface area contributed by atoms with Crippen molar-refractivity contribution in [1.29, 1.82) is 0 Å². The Hall–Kier alpha value is -3.02. The van der Waals surface area contributed by atoms with Gasteiger partial charge in [0.1, 0.15) is 0 Å². The molecule has 0 fully saturated rings. The molecule has 3 rings (SSSR count). The molecule has 0 saturated carbocycles. The molecule has 0 bridgehead atoms. The van der Waals surface area contributed by atoms with Gasteiger partial charge in [-0.3, -0.25) is 4.79 Å². The lowest BCUT2D eigenvalue weighted by atomic mass is 10.2. The lowest BCUT2D eigenvalue weighted by molar-refractivity contribution is 0.0955. The van der Waals surface area contributed by atoms with Gasteiger partial charge in [-0.25, -0.2) is 5.43 Å². The highest BCUT2D eigenvalue weighted by atomic mass is 16.7. The van der Waals surface area contributed by atoms with Crippen LogP contribution in [-0.2, 0) is 0 Å². The topological polar surface area (TPSA) is 63.2 Å². The van der Waals surface area contributed by atoms with E-state index in [0.29, 0.717) is 17.1 Å². The van der Waals surface area contributed by atoms with Gasteiger partial charge in [0.25, 0.3) is 5.91 Å². The molecule has 1 aliphatic heterocycles. The summed E-state index contributed by atoms with van der Waals surface area (Å²) < 4.78 is 10.5. The van der Waals surface area contributed by atoms with Crippen LogP contribution in [0.5, 0.6) is 11.5 Å². The zero-order chi connectivity index (χ0) is 16.2. The molecule has 23 heavy (non-hydrogen) atoms. The molecule has 0 aliphatic carbocycles. The summed E-state index contributed by atoms with van der Waals surface area (Å²) in [5.74, 6) is 1.14. The average Bonchev–Trinajstić information content (AvgIpc) is 3.02. The standard InChI is InChI=1S/C17H17N3O3/c1-20(2)14-6-4-13(5-7-14)17(21)19-18-10-12-3-8-15-16(9-12)23-11-22-15/h3-10H,11H2,1-2H3,(H,19,21)/b18-10+. The second-order valence-corrected chi connectivity index (χ2v) is 5.25. The highest BCUT2D eigenvalue weighted by Crippen LogP contribution is 2.31. The lowest BCUT2D eigenvalue weighted by Crippen LogP contribution is -2.17.